The van der Waals surface area contributed by atoms with Crippen molar-refractivity contribution in [2.24, 2.45) is 0 Å². The lowest BCUT2D eigenvalue weighted by molar-refractivity contribution is 0.0734. The van der Waals surface area contributed by atoms with Gasteiger partial charge in [0.15, 0.2) is 5.82 Å². The Morgan fingerprint density at radius 3 is 2.27 bits per heavy atom. The summed E-state index contributed by atoms with van der Waals surface area (Å²) in [5.41, 5.74) is 2.92. The van der Waals surface area contributed by atoms with E-state index in [1.54, 1.807) is 30.6 Å². The molecule has 0 amide bonds. The molecule has 2 aromatic carbocycles. The zero-order valence-corrected chi connectivity index (χ0v) is 17.5. The van der Waals surface area contributed by atoms with Gasteiger partial charge in [0.25, 0.3) is 0 Å². The van der Waals surface area contributed by atoms with Crippen LogP contribution < -0.4 is 4.74 Å². The van der Waals surface area contributed by atoms with Crippen molar-refractivity contribution in [3.05, 3.63) is 77.4 Å². The van der Waals surface area contributed by atoms with Gasteiger partial charge in [0, 0.05) is 18.5 Å². The van der Waals surface area contributed by atoms with Crippen molar-refractivity contribution in [1.29, 1.82) is 0 Å². The average Bonchev–Trinajstić information content (AvgIpc) is 2.75. The maximum atomic E-state index is 14.6. The van der Waals surface area contributed by atoms with Gasteiger partial charge in [0.1, 0.15) is 11.6 Å². The largest absolute Gasteiger partial charge is 0.423 e. The molecule has 0 aliphatic carbocycles. The van der Waals surface area contributed by atoms with Crippen LogP contribution in [0.3, 0.4) is 0 Å². The van der Waals surface area contributed by atoms with E-state index in [9.17, 15) is 9.18 Å². The molecule has 5 heteroatoms. The molecule has 0 bridgehead atoms. The highest BCUT2D eigenvalue weighted by molar-refractivity contribution is 5.91. The standard InChI is InChI=1S/C25H27FN2O2/c1-3-5-6-8-18-9-11-20(12-10-18)25(29)30-21-13-14-22(23(26)15-21)24-27-16-19(7-4-2)17-28-24/h9-17H,3-8H2,1-2H3. The van der Waals surface area contributed by atoms with E-state index in [-0.39, 0.29) is 11.3 Å². The van der Waals surface area contributed by atoms with Gasteiger partial charge in [0.05, 0.1) is 11.1 Å². The predicted molar refractivity (Wildman–Crippen MR) is 116 cm³/mol. The van der Waals surface area contributed by atoms with Gasteiger partial charge in [-0.05, 0) is 54.7 Å². The second kappa shape index (κ2) is 10.6. The number of aromatic nitrogens is 2. The van der Waals surface area contributed by atoms with Crippen molar-refractivity contribution >= 4 is 5.97 Å². The summed E-state index contributed by atoms with van der Waals surface area (Å²) in [4.78, 5) is 20.9. The monoisotopic (exact) mass is 406 g/mol. The zero-order chi connectivity index (χ0) is 21.3. The third-order valence-electron chi connectivity index (χ3n) is 4.89. The summed E-state index contributed by atoms with van der Waals surface area (Å²) in [6, 6.07) is 11.7. The second-order valence-corrected chi connectivity index (χ2v) is 7.35. The van der Waals surface area contributed by atoms with Crippen LogP contribution in [0.25, 0.3) is 11.4 Å². The summed E-state index contributed by atoms with van der Waals surface area (Å²) < 4.78 is 19.9. The van der Waals surface area contributed by atoms with E-state index in [1.807, 2.05) is 12.1 Å². The average molecular weight is 407 g/mol. The number of hydrogen-bond acceptors (Lipinski definition) is 4. The Morgan fingerprint density at radius 1 is 0.900 bits per heavy atom. The van der Waals surface area contributed by atoms with Crippen LogP contribution in [0.4, 0.5) is 4.39 Å². The van der Waals surface area contributed by atoms with Gasteiger partial charge in [-0.15, -0.1) is 0 Å². The summed E-state index contributed by atoms with van der Waals surface area (Å²) in [5.74, 6) is -0.586. The topological polar surface area (TPSA) is 52.1 Å². The number of carbonyl (C=O) groups is 1. The number of unbranched alkanes of at least 4 members (excludes halogenated alkanes) is 2. The Bertz CT molecular complexity index is 969. The molecule has 30 heavy (non-hydrogen) atoms. The lowest BCUT2D eigenvalue weighted by atomic mass is 10.1. The van der Waals surface area contributed by atoms with E-state index in [4.69, 9.17) is 4.74 Å². The molecule has 0 saturated carbocycles. The molecule has 3 aromatic rings. The molecule has 0 N–H and O–H groups in total. The lowest BCUT2D eigenvalue weighted by Gasteiger charge is -2.08. The lowest BCUT2D eigenvalue weighted by Crippen LogP contribution is -2.08. The number of ether oxygens (including phenoxy) is 1. The molecule has 1 heterocycles. The first-order valence-corrected chi connectivity index (χ1v) is 10.5. The Balaban J connectivity index is 1.65. The number of carbonyl (C=O) groups excluding carboxylic acids is 1. The SMILES string of the molecule is CCCCCc1ccc(C(=O)Oc2ccc(-c3ncc(CCC)cn3)c(F)c2)cc1. The Morgan fingerprint density at radius 2 is 1.63 bits per heavy atom. The van der Waals surface area contributed by atoms with Crippen molar-refractivity contribution < 1.29 is 13.9 Å². The molecule has 3 rings (SSSR count). The fourth-order valence-corrected chi connectivity index (χ4v) is 3.20. The molecule has 0 aliphatic rings. The van der Waals surface area contributed by atoms with Gasteiger partial charge in [-0.1, -0.05) is 45.2 Å². The number of esters is 1. The van der Waals surface area contributed by atoms with Crippen molar-refractivity contribution in [1.82, 2.24) is 9.97 Å². The van der Waals surface area contributed by atoms with Crippen LogP contribution in [0.2, 0.25) is 0 Å². The van der Waals surface area contributed by atoms with Crippen LogP contribution in [0.1, 0.15) is 61.0 Å². The van der Waals surface area contributed by atoms with Crippen LogP contribution >= 0.6 is 0 Å². The summed E-state index contributed by atoms with van der Waals surface area (Å²) in [5, 5.41) is 0. The Labute approximate surface area is 177 Å². The number of halogens is 1. The number of nitrogens with zero attached hydrogens (tertiary/aromatic N) is 2. The summed E-state index contributed by atoms with van der Waals surface area (Å²) in [6.45, 7) is 4.25. The molecule has 0 aliphatic heterocycles. The van der Waals surface area contributed by atoms with Crippen molar-refractivity contribution in [3.63, 3.8) is 0 Å². The van der Waals surface area contributed by atoms with Crippen molar-refractivity contribution in [3.8, 4) is 17.1 Å². The molecule has 156 valence electrons. The molecular formula is C25H27FN2O2. The molecule has 0 saturated heterocycles. The van der Waals surface area contributed by atoms with E-state index in [2.05, 4.69) is 23.8 Å². The van der Waals surface area contributed by atoms with Gasteiger partial charge >= 0.3 is 5.97 Å². The highest BCUT2D eigenvalue weighted by atomic mass is 19.1. The van der Waals surface area contributed by atoms with E-state index in [1.165, 1.54) is 30.5 Å². The van der Waals surface area contributed by atoms with E-state index < -0.39 is 11.8 Å². The van der Waals surface area contributed by atoms with E-state index in [0.717, 1.165) is 31.2 Å². The number of rotatable bonds is 9. The fourth-order valence-electron chi connectivity index (χ4n) is 3.20. The van der Waals surface area contributed by atoms with Crippen LogP contribution in [-0.4, -0.2) is 15.9 Å². The van der Waals surface area contributed by atoms with Gasteiger partial charge in [0.2, 0.25) is 0 Å². The normalized spacial score (nSPS) is 10.8. The predicted octanol–water partition coefficient (Wildman–Crippen LogP) is 6.19. The Kier molecular flexibility index (Phi) is 7.66. The molecule has 1 aromatic heterocycles. The number of hydrogen-bond donors (Lipinski definition) is 0. The van der Waals surface area contributed by atoms with Crippen LogP contribution in [-0.2, 0) is 12.8 Å². The number of aryl methyl sites for hydroxylation is 2. The highest BCUT2D eigenvalue weighted by Gasteiger charge is 2.13. The summed E-state index contributed by atoms with van der Waals surface area (Å²) in [7, 11) is 0. The third kappa shape index (κ3) is 5.72. The molecule has 0 fully saturated rings. The Hall–Kier alpha value is -3.08. The highest BCUT2D eigenvalue weighted by Crippen LogP contribution is 2.24. The second-order valence-electron chi connectivity index (χ2n) is 7.35. The van der Waals surface area contributed by atoms with Crippen molar-refractivity contribution in [2.45, 2.75) is 52.4 Å². The van der Waals surface area contributed by atoms with Crippen LogP contribution in [0.5, 0.6) is 5.75 Å². The smallest absolute Gasteiger partial charge is 0.343 e. The van der Waals surface area contributed by atoms with Gasteiger partial charge < -0.3 is 4.74 Å². The maximum Gasteiger partial charge on any atom is 0.343 e. The first-order chi connectivity index (χ1) is 14.6. The molecule has 0 spiro atoms. The van der Waals surface area contributed by atoms with Gasteiger partial charge in [-0.25, -0.2) is 19.2 Å². The van der Waals surface area contributed by atoms with E-state index in [0.29, 0.717) is 11.4 Å². The molecule has 4 nitrogen and oxygen atoms in total. The number of benzene rings is 2. The molecule has 0 atom stereocenters. The molecular weight excluding hydrogens is 379 g/mol. The first-order valence-electron chi connectivity index (χ1n) is 10.5. The fraction of sp³-hybridized carbons (Fsp3) is 0.320. The van der Waals surface area contributed by atoms with Crippen molar-refractivity contribution in [2.75, 3.05) is 0 Å². The third-order valence-corrected chi connectivity index (χ3v) is 4.89. The van der Waals surface area contributed by atoms with Gasteiger partial charge in [-0.3, -0.25) is 0 Å². The first kappa shape index (κ1) is 21.6. The van der Waals surface area contributed by atoms with E-state index >= 15 is 0 Å². The maximum absolute atomic E-state index is 14.6. The summed E-state index contributed by atoms with van der Waals surface area (Å²) in [6.07, 6.45) is 9.82. The quantitative estimate of drug-likeness (QED) is 0.242. The minimum absolute atomic E-state index is 0.149. The van der Waals surface area contributed by atoms with Gasteiger partial charge in [-0.2, -0.15) is 0 Å². The summed E-state index contributed by atoms with van der Waals surface area (Å²) >= 11 is 0. The van der Waals surface area contributed by atoms with Crippen LogP contribution in [0, 0.1) is 5.82 Å². The van der Waals surface area contributed by atoms with Crippen LogP contribution in [0.15, 0.2) is 54.9 Å². The minimum Gasteiger partial charge on any atom is -0.423 e. The minimum atomic E-state index is -0.533. The zero-order valence-electron chi connectivity index (χ0n) is 17.5. The molecule has 0 radical (unpaired) electrons. The molecule has 0 unspecified atom stereocenters.